The van der Waals surface area contributed by atoms with Crippen LogP contribution in [0.4, 0.5) is 10.1 Å². The second kappa shape index (κ2) is 17.5. The van der Waals surface area contributed by atoms with Gasteiger partial charge in [0.15, 0.2) is 5.92 Å². The second-order valence-electron chi connectivity index (χ2n) is 12.8. The molecule has 1 amide bonds. The summed E-state index contributed by atoms with van der Waals surface area (Å²) in [4.78, 5) is 37.7. The number of sulfonamides is 1. The minimum Gasteiger partial charge on any atom is -0.481 e. The van der Waals surface area contributed by atoms with E-state index in [-0.39, 0.29) is 30.1 Å². The highest BCUT2D eigenvalue weighted by molar-refractivity contribution is 7.88. The highest BCUT2D eigenvalue weighted by Gasteiger charge is 2.48. The zero-order valence-corrected chi connectivity index (χ0v) is 28.4. The summed E-state index contributed by atoms with van der Waals surface area (Å²) in [6, 6.07) is 21.2. The van der Waals surface area contributed by atoms with Gasteiger partial charge in [-0.2, -0.15) is 0 Å². The lowest BCUT2D eigenvalue weighted by Crippen LogP contribution is -2.55. The molecule has 4 rings (SSSR count). The van der Waals surface area contributed by atoms with Gasteiger partial charge in [-0.15, -0.1) is 0 Å². The molecule has 0 aromatic heterocycles. The van der Waals surface area contributed by atoms with E-state index in [0.717, 1.165) is 54.3 Å². The van der Waals surface area contributed by atoms with E-state index in [9.17, 15) is 32.3 Å². The van der Waals surface area contributed by atoms with Gasteiger partial charge in [-0.25, -0.2) is 17.5 Å². The van der Waals surface area contributed by atoms with E-state index in [2.05, 4.69) is 4.72 Å². The number of hydrogen-bond donors (Lipinski definition) is 4. The lowest BCUT2D eigenvalue weighted by atomic mass is 9.78. The molecule has 1 unspecified atom stereocenters. The molecule has 0 saturated carbocycles. The third kappa shape index (κ3) is 10.9. The summed E-state index contributed by atoms with van der Waals surface area (Å²) in [5.74, 6) is -4.87. The Balaban J connectivity index is 1.41. The molecule has 1 heterocycles. The molecule has 264 valence electrons. The van der Waals surface area contributed by atoms with Gasteiger partial charge in [0.05, 0.1) is 24.3 Å². The maximum Gasteiger partial charge on any atom is 0.317 e. The van der Waals surface area contributed by atoms with Crippen molar-refractivity contribution in [2.24, 2.45) is 11.8 Å². The largest absolute Gasteiger partial charge is 0.481 e. The van der Waals surface area contributed by atoms with E-state index < -0.39 is 34.0 Å². The van der Waals surface area contributed by atoms with Gasteiger partial charge >= 0.3 is 11.9 Å². The number of amides is 1. The SMILES string of the molecule is CS(=O)(=O)NCCCCCc1ccc(N2C(=O)C(CC[C@H](O)c3ccc(F)cc3)[C@H]2c2ccc(CCCCC(C(=O)O)C(=O)O)cc2)cc1. The first kappa shape index (κ1) is 37.7. The zero-order chi connectivity index (χ0) is 35.6. The fourth-order valence-corrected chi connectivity index (χ4v) is 6.83. The Morgan fingerprint density at radius 1 is 0.816 bits per heavy atom. The minimum absolute atomic E-state index is 0.0436. The van der Waals surface area contributed by atoms with Crippen molar-refractivity contribution >= 4 is 33.6 Å². The van der Waals surface area contributed by atoms with Gasteiger partial charge < -0.3 is 20.2 Å². The summed E-state index contributed by atoms with van der Waals surface area (Å²) in [5.41, 5.74) is 4.43. The molecule has 1 fully saturated rings. The molecule has 0 spiro atoms. The molecule has 0 radical (unpaired) electrons. The van der Waals surface area contributed by atoms with Crippen LogP contribution in [0.25, 0.3) is 0 Å². The molecular weight excluding hydrogens is 651 g/mol. The van der Waals surface area contributed by atoms with Crippen LogP contribution < -0.4 is 9.62 Å². The zero-order valence-electron chi connectivity index (χ0n) is 27.6. The summed E-state index contributed by atoms with van der Waals surface area (Å²) in [6.45, 7) is 0.416. The number of benzene rings is 3. The van der Waals surface area contributed by atoms with Crippen LogP contribution in [0.1, 0.15) is 85.8 Å². The highest BCUT2D eigenvalue weighted by atomic mass is 32.2. The molecule has 1 saturated heterocycles. The van der Waals surface area contributed by atoms with Crippen molar-refractivity contribution in [2.75, 3.05) is 17.7 Å². The molecule has 0 aliphatic carbocycles. The number of carbonyl (C=O) groups is 3. The first-order valence-electron chi connectivity index (χ1n) is 16.7. The molecule has 0 bridgehead atoms. The van der Waals surface area contributed by atoms with Crippen LogP contribution in [0.2, 0.25) is 0 Å². The number of halogens is 1. The number of nitrogens with one attached hydrogen (secondary N) is 1. The molecule has 1 aliphatic rings. The maximum absolute atomic E-state index is 13.6. The van der Waals surface area contributed by atoms with Gasteiger partial charge in [-0.05, 0) is 97.9 Å². The minimum atomic E-state index is -3.18. The van der Waals surface area contributed by atoms with E-state index in [1.54, 1.807) is 17.0 Å². The summed E-state index contributed by atoms with van der Waals surface area (Å²) in [5, 5.41) is 29.0. The lowest BCUT2D eigenvalue weighted by Gasteiger charge is -2.48. The Hall–Kier alpha value is -4.13. The van der Waals surface area contributed by atoms with Gasteiger partial charge in [0.2, 0.25) is 15.9 Å². The molecule has 4 N–H and O–H groups in total. The molecule has 3 atom stereocenters. The smallest absolute Gasteiger partial charge is 0.317 e. The fourth-order valence-electron chi connectivity index (χ4n) is 6.31. The van der Waals surface area contributed by atoms with Gasteiger partial charge in [0, 0.05) is 12.2 Å². The van der Waals surface area contributed by atoms with Gasteiger partial charge in [-0.1, -0.05) is 61.4 Å². The first-order chi connectivity index (χ1) is 23.3. The fraction of sp³-hybridized carbons (Fsp3) is 0.432. The van der Waals surface area contributed by atoms with E-state index in [0.29, 0.717) is 44.2 Å². The topological polar surface area (TPSA) is 161 Å². The molecular formula is C37H45FN2O8S. The van der Waals surface area contributed by atoms with Crippen LogP contribution in [0.5, 0.6) is 0 Å². The summed E-state index contributed by atoms with van der Waals surface area (Å²) >= 11 is 0. The quantitative estimate of drug-likeness (QED) is 0.0655. The maximum atomic E-state index is 13.6. The number of hydrogen-bond acceptors (Lipinski definition) is 6. The standard InChI is InChI=1S/C37H45FN2O8S/c1-49(47,48)39-24-6-2-3-7-26-12-20-30(21-13-26)40-34(31(35(40)42)22-23-33(41)27-16-18-29(38)19-17-27)28-14-10-25(11-15-28)8-4-5-9-32(36(43)44)37(45)46/h10-21,31-34,39,41H,2-9,22-24H2,1H3,(H,43,44)(H,45,46)/t31?,33-,34+/m0/s1. The molecule has 3 aromatic rings. The van der Waals surface area contributed by atoms with Crippen LogP contribution in [-0.4, -0.2) is 54.4 Å². The number of aliphatic hydroxyl groups excluding tert-OH is 1. The van der Waals surface area contributed by atoms with Crippen LogP contribution in [-0.2, 0) is 37.2 Å². The number of anilines is 1. The number of aliphatic carboxylic acids is 2. The third-order valence-electron chi connectivity index (χ3n) is 9.07. The van der Waals surface area contributed by atoms with Crippen LogP contribution >= 0.6 is 0 Å². The number of nitrogens with zero attached hydrogens (tertiary/aromatic N) is 1. The van der Waals surface area contributed by atoms with Gasteiger partial charge in [-0.3, -0.25) is 14.4 Å². The number of aliphatic hydroxyl groups is 1. The van der Waals surface area contributed by atoms with Crippen LogP contribution in [0, 0.1) is 17.7 Å². The van der Waals surface area contributed by atoms with Crippen molar-refractivity contribution in [1.82, 2.24) is 4.72 Å². The van der Waals surface area contributed by atoms with Crippen molar-refractivity contribution in [1.29, 1.82) is 0 Å². The Kier molecular flexibility index (Phi) is 13.5. The molecule has 1 aliphatic heterocycles. The number of carboxylic acids is 2. The van der Waals surface area contributed by atoms with Crippen LogP contribution in [0.3, 0.4) is 0 Å². The summed E-state index contributed by atoms with van der Waals surface area (Å²) in [6.07, 6.45) is 6.25. The number of carboxylic acid groups (broad SMARTS) is 2. The highest BCUT2D eigenvalue weighted by Crippen LogP contribution is 2.46. The predicted molar refractivity (Wildman–Crippen MR) is 184 cm³/mol. The van der Waals surface area contributed by atoms with Gasteiger partial charge in [0.1, 0.15) is 5.82 Å². The van der Waals surface area contributed by atoms with E-state index in [4.69, 9.17) is 10.2 Å². The Labute approximate surface area is 287 Å². The normalized spacial score (nSPS) is 16.8. The molecule has 12 heteroatoms. The van der Waals surface area contributed by atoms with Crippen LogP contribution in [0.15, 0.2) is 72.8 Å². The van der Waals surface area contributed by atoms with Gasteiger partial charge in [0.25, 0.3) is 0 Å². The number of aryl methyl sites for hydroxylation is 2. The molecule has 10 nitrogen and oxygen atoms in total. The van der Waals surface area contributed by atoms with E-state index >= 15 is 0 Å². The average Bonchev–Trinajstić information content (AvgIpc) is 3.05. The number of carbonyl (C=O) groups excluding carboxylic acids is 1. The van der Waals surface area contributed by atoms with Crippen molar-refractivity contribution < 1.29 is 42.5 Å². The first-order valence-corrected chi connectivity index (χ1v) is 18.6. The lowest BCUT2D eigenvalue weighted by molar-refractivity contribution is -0.154. The number of β-lactam (4-membered cyclic amide) rings is 1. The number of rotatable bonds is 20. The Bertz CT molecular complexity index is 1650. The third-order valence-corrected chi connectivity index (χ3v) is 9.79. The average molecular weight is 697 g/mol. The Morgan fingerprint density at radius 2 is 1.39 bits per heavy atom. The molecule has 3 aromatic carbocycles. The Morgan fingerprint density at radius 3 is 1.96 bits per heavy atom. The number of unbranched alkanes of at least 4 members (excludes halogenated alkanes) is 3. The summed E-state index contributed by atoms with van der Waals surface area (Å²) in [7, 11) is -3.18. The molecule has 49 heavy (non-hydrogen) atoms. The predicted octanol–water partition coefficient (Wildman–Crippen LogP) is 5.80. The van der Waals surface area contributed by atoms with Crippen molar-refractivity contribution in [2.45, 2.75) is 76.4 Å². The van der Waals surface area contributed by atoms with Crippen molar-refractivity contribution in [3.63, 3.8) is 0 Å². The monoisotopic (exact) mass is 696 g/mol. The van der Waals surface area contributed by atoms with E-state index in [1.807, 2.05) is 48.5 Å². The summed E-state index contributed by atoms with van der Waals surface area (Å²) < 4.78 is 38.3. The van der Waals surface area contributed by atoms with Crippen molar-refractivity contribution in [3.05, 3.63) is 101 Å². The van der Waals surface area contributed by atoms with Crippen molar-refractivity contribution in [3.8, 4) is 0 Å². The second-order valence-corrected chi connectivity index (χ2v) is 14.6. The van der Waals surface area contributed by atoms with E-state index in [1.165, 1.54) is 12.1 Å².